The maximum Gasteiger partial charge on any atom is 0.349 e. The standard InChI is InChI=1S/C29H29F2N5O4/c1-3-25(37)40-36-10-4-5-20(36)14-39-27-26(33-15-34-28(27)32)22-12-19(30)13-24(16(22)2)35-29(38)21-9-8-18(11-23(21)31)17-6-7-17/h3,8-9,11-13,15,17,20H,1,4-7,10,14H2,2H3,(H,35,38)(H2,32,33,34)/t20-/m0/s1. The Morgan fingerprint density at radius 2 is 2.00 bits per heavy atom. The molecule has 3 aromatic rings. The summed E-state index contributed by atoms with van der Waals surface area (Å²) in [5, 5.41) is 4.15. The van der Waals surface area contributed by atoms with Gasteiger partial charge in [-0.2, -0.15) is 0 Å². The first-order chi connectivity index (χ1) is 19.2. The third kappa shape index (κ3) is 5.79. The number of nitrogens with two attached hydrogens (primary N) is 1. The lowest BCUT2D eigenvalue weighted by Gasteiger charge is -2.23. The smallest absolute Gasteiger partial charge is 0.349 e. The van der Waals surface area contributed by atoms with E-state index in [2.05, 4.69) is 21.9 Å². The lowest BCUT2D eigenvalue weighted by atomic mass is 10.0. The zero-order valence-corrected chi connectivity index (χ0v) is 22.0. The lowest BCUT2D eigenvalue weighted by Crippen LogP contribution is -2.35. The fourth-order valence-electron chi connectivity index (χ4n) is 4.78. The number of halogens is 2. The number of ether oxygens (including phenoxy) is 1. The fraction of sp³-hybridized carbons (Fsp3) is 0.310. The molecule has 2 aliphatic rings. The molecule has 1 aliphatic heterocycles. The number of hydroxylamine groups is 2. The molecule has 2 heterocycles. The predicted octanol–water partition coefficient (Wildman–Crippen LogP) is 4.93. The zero-order chi connectivity index (χ0) is 28.4. The Morgan fingerprint density at radius 1 is 1.20 bits per heavy atom. The average molecular weight is 550 g/mol. The Kier molecular flexibility index (Phi) is 7.74. The van der Waals surface area contributed by atoms with Crippen LogP contribution in [0.3, 0.4) is 0 Å². The minimum absolute atomic E-state index is 0.0321. The van der Waals surface area contributed by atoms with Gasteiger partial charge < -0.3 is 20.6 Å². The van der Waals surface area contributed by atoms with Crippen molar-refractivity contribution >= 4 is 23.4 Å². The number of benzene rings is 2. The Hall–Kier alpha value is -4.38. The van der Waals surface area contributed by atoms with Crippen LogP contribution in [-0.4, -0.2) is 46.1 Å². The van der Waals surface area contributed by atoms with Gasteiger partial charge in [0.1, 0.15) is 30.3 Å². The monoisotopic (exact) mass is 549 g/mol. The van der Waals surface area contributed by atoms with Crippen molar-refractivity contribution in [3.8, 4) is 17.0 Å². The molecule has 11 heteroatoms. The molecule has 0 radical (unpaired) electrons. The van der Waals surface area contributed by atoms with Crippen LogP contribution in [-0.2, 0) is 9.63 Å². The van der Waals surface area contributed by atoms with E-state index in [0.717, 1.165) is 37.0 Å². The van der Waals surface area contributed by atoms with Crippen LogP contribution >= 0.6 is 0 Å². The molecule has 3 N–H and O–H groups in total. The molecule has 0 spiro atoms. The molecule has 2 fully saturated rings. The van der Waals surface area contributed by atoms with Crippen LogP contribution in [0.4, 0.5) is 20.3 Å². The third-order valence-corrected chi connectivity index (χ3v) is 7.11. The second-order valence-electron chi connectivity index (χ2n) is 9.89. The topological polar surface area (TPSA) is 120 Å². The summed E-state index contributed by atoms with van der Waals surface area (Å²) in [6.45, 7) is 5.72. The van der Waals surface area contributed by atoms with Crippen LogP contribution in [0.5, 0.6) is 5.75 Å². The van der Waals surface area contributed by atoms with E-state index >= 15 is 0 Å². The maximum absolute atomic E-state index is 14.8. The molecule has 1 saturated carbocycles. The van der Waals surface area contributed by atoms with E-state index < -0.39 is 23.5 Å². The van der Waals surface area contributed by atoms with Crippen molar-refractivity contribution in [2.45, 2.75) is 44.6 Å². The van der Waals surface area contributed by atoms with Gasteiger partial charge in [-0.25, -0.2) is 23.5 Å². The first-order valence-electron chi connectivity index (χ1n) is 13.0. The number of amides is 1. The zero-order valence-electron chi connectivity index (χ0n) is 22.0. The van der Waals surface area contributed by atoms with E-state index in [9.17, 15) is 18.4 Å². The summed E-state index contributed by atoms with van der Waals surface area (Å²) in [7, 11) is 0. The van der Waals surface area contributed by atoms with Crippen molar-refractivity contribution in [2.24, 2.45) is 0 Å². The van der Waals surface area contributed by atoms with Crippen LogP contribution in [0.15, 0.2) is 49.3 Å². The molecule has 40 heavy (non-hydrogen) atoms. The summed E-state index contributed by atoms with van der Waals surface area (Å²) in [6.07, 6.45) is 5.83. The highest BCUT2D eigenvalue weighted by molar-refractivity contribution is 6.05. The number of hydrogen-bond acceptors (Lipinski definition) is 8. The summed E-state index contributed by atoms with van der Waals surface area (Å²) in [4.78, 5) is 38.2. The summed E-state index contributed by atoms with van der Waals surface area (Å²) in [6, 6.07) is 6.73. The first kappa shape index (κ1) is 27.2. The fourth-order valence-corrected chi connectivity index (χ4v) is 4.78. The predicted molar refractivity (Wildman–Crippen MR) is 144 cm³/mol. The second kappa shape index (κ2) is 11.4. The molecule has 1 saturated heterocycles. The summed E-state index contributed by atoms with van der Waals surface area (Å²) in [5.41, 5.74) is 7.99. The maximum atomic E-state index is 14.8. The third-order valence-electron chi connectivity index (χ3n) is 7.11. The van der Waals surface area contributed by atoms with Gasteiger partial charge in [0.25, 0.3) is 5.91 Å². The van der Waals surface area contributed by atoms with Gasteiger partial charge in [-0.15, -0.1) is 5.06 Å². The molecule has 2 aromatic carbocycles. The highest BCUT2D eigenvalue weighted by atomic mass is 19.1. The summed E-state index contributed by atoms with van der Waals surface area (Å²) in [5.74, 6) is -2.05. The van der Waals surface area contributed by atoms with E-state index in [0.29, 0.717) is 30.0 Å². The molecular formula is C29H29F2N5O4. The van der Waals surface area contributed by atoms with E-state index in [1.54, 1.807) is 13.0 Å². The lowest BCUT2D eigenvalue weighted by molar-refractivity contribution is -0.190. The molecular weight excluding hydrogens is 520 g/mol. The summed E-state index contributed by atoms with van der Waals surface area (Å²) >= 11 is 0. The molecule has 1 amide bonds. The van der Waals surface area contributed by atoms with Crippen LogP contribution < -0.4 is 15.8 Å². The molecule has 208 valence electrons. The highest BCUT2D eigenvalue weighted by Gasteiger charge is 2.30. The number of carbonyl (C=O) groups excluding carboxylic acids is 2. The number of rotatable bonds is 9. The largest absolute Gasteiger partial charge is 0.486 e. The van der Waals surface area contributed by atoms with E-state index in [-0.39, 0.29) is 41.2 Å². The van der Waals surface area contributed by atoms with E-state index in [1.165, 1.54) is 29.6 Å². The quantitative estimate of drug-likeness (QED) is 0.361. The van der Waals surface area contributed by atoms with Crippen LogP contribution in [0, 0.1) is 18.6 Å². The van der Waals surface area contributed by atoms with Gasteiger partial charge in [-0.3, -0.25) is 4.79 Å². The Labute approximate surface area is 230 Å². The van der Waals surface area contributed by atoms with Crippen LogP contribution in [0.1, 0.15) is 53.1 Å². The molecule has 0 bridgehead atoms. The van der Waals surface area contributed by atoms with Gasteiger partial charge in [0.2, 0.25) is 0 Å². The van der Waals surface area contributed by atoms with Crippen LogP contribution in [0.2, 0.25) is 0 Å². The van der Waals surface area contributed by atoms with Gasteiger partial charge in [-0.05, 0) is 73.9 Å². The molecule has 1 atom stereocenters. The van der Waals surface area contributed by atoms with Gasteiger partial charge in [0, 0.05) is 23.9 Å². The average Bonchev–Trinajstić information content (AvgIpc) is 3.69. The number of aromatic nitrogens is 2. The number of carbonyl (C=O) groups is 2. The minimum Gasteiger partial charge on any atom is -0.486 e. The second-order valence-corrected chi connectivity index (χ2v) is 9.89. The van der Waals surface area contributed by atoms with Crippen molar-refractivity contribution in [2.75, 3.05) is 24.2 Å². The van der Waals surface area contributed by atoms with E-state index in [1.807, 2.05) is 0 Å². The van der Waals surface area contributed by atoms with Gasteiger partial charge in [0.15, 0.2) is 11.6 Å². The van der Waals surface area contributed by atoms with Crippen molar-refractivity contribution in [3.63, 3.8) is 0 Å². The molecule has 5 rings (SSSR count). The molecule has 0 unspecified atom stereocenters. The van der Waals surface area contributed by atoms with E-state index in [4.69, 9.17) is 15.3 Å². The highest BCUT2D eigenvalue weighted by Crippen LogP contribution is 2.41. The Morgan fingerprint density at radius 3 is 2.73 bits per heavy atom. The number of nitrogens with one attached hydrogen (secondary N) is 1. The Bertz CT molecular complexity index is 1480. The van der Waals surface area contributed by atoms with Crippen molar-refractivity contribution in [3.05, 3.63) is 77.6 Å². The first-order valence-corrected chi connectivity index (χ1v) is 13.0. The van der Waals surface area contributed by atoms with Gasteiger partial charge in [0.05, 0.1) is 11.6 Å². The van der Waals surface area contributed by atoms with Crippen molar-refractivity contribution in [1.82, 2.24) is 15.0 Å². The number of anilines is 2. The Balaban J connectivity index is 1.39. The number of nitrogen functional groups attached to an aromatic ring is 1. The minimum atomic E-state index is -0.700. The van der Waals surface area contributed by atoms with Crippen molar-refractivity contribution < 1.29 is 27.9 Å². The van der Waals surface area contributed by atoms with Crippen molar-refractivity contribution in [1.29, 1.82) is 0 Å². The van der Waals surface area contributed by atoms with Gasteiger partial charge in [-0.1, -0.05) is 12.6 Å². The van der Waals surface area contributed by atoms with Gasteiger partial charge >= 0.3 is 5.97 Å². The summed E-state index contributed by atoms with van der Waals surface area (Å²) < 4.78 is 35.6. The number of nitrogens with zero attached hydrogens (tertiary/aromatic N) is 3. The molecule has 1 aliphatic carbocycles. The number of hydrogen-bond donors (Lipinski definition) is 2. The normalized spacial score (nSPS) is 16.9. The van der Waals surface area contributed by atoms with Crippen LogP contribution in [0.25, 0.3) is 11.3 Å². The molecule has 9 nitrogen and oxygen atoms in total. The SMILES string of the molecule is C=CC(=O)ON1CCC[C@H]1COc1c(N)ncnc1-c1cc(F)cc(NC(=O)c2ccc(C3CC3)cc2F)c1C. The molecule has 1 aromatic heterocycles.